The maximum Gasteiger partial charge on any atom is 0.142 e. The van der Waals surface area contributed by atoms with Crippen LogP contribution in [0.15, 0.2) is 30.9 Å². The number of ether oxygens (including phenoxy) is 1. The molecule has 0 radical (unpaired) electrons. The average molecular weight is 371 g/mol. The van der Waals surface area contributed by atoms with Crippen LogP contribution in [0.4, 0.5) is 0 Å². The van der Waals surface area contributed by atoms with Crippen molar-refractivity contribution in [3.63, 3.8) is 0 Å². The highest BCUT2D eigenvalue weighted by Crippen LogP contribution is 2.27. The smallest absolute Gasteiger partial charge is 0.142 e. The molecule has 0 bridgehead atoms. The monoisotopic (exact) mass is 370 g/mol. The van der Waals surface area contributed by atoms with E-state index in [0.717, 1.165) is 24.5 Å². The van der Waals surface area contributed by atoms with Crippen LogP contribution in [0.25, 0.3) is 5.69 Å². The first kappa shape index (κ1) is 19.9. The molecule has 0 aliphatic carbocycles. The molecule has 3 rings (SSSR count). The fourth-order valence-electron chi connectivity index (χ4n) is 3.74. The quantitative estimate of drug-likeness (QED) is 0.473. The van der Waals surface area contributed by atoms with Crippen LogP contribution in [0.2, 0.25) is 0 Å². The lowest BCUT2D eigenvalue weighted by Crippen LogP contribution is -2.32. The van der Waals surface area contributed by atoms with Crippen LogP contribution in [0.3, 0.4) is 0 Å². The van der Waals surface area contributed by atoms with Gasteiger partial charge in [0.2, 0.25) is 0 Å². The number of hydrogen-bond donors (Lipinski definition) is 0. The summed E-state index contributed by atoms with van der Waals surface area (Å²) in [6, 6.07) is 6.30. The zero-order valence-corrected chi connectivity index (χ0v) is 16.8. The second-order valence-corrected chi connectivity index (χ2v) is 7.67. The van der Waals surface area contributed by atoms with Crippen molar-refractivity contribution < 1.29 is 4.74 Å². The van der Waals surface area contributed by atoms with E-state index in [1.807, 2.05) is 4.57 Å². The van der Waals surface area contributed by atoms with Crippen molar-refractivity contribution in [1.29, 1.82) is 0 Å². The maximum absolute atomic E-state index is 5.94. The molecule has 1 aromatic heterocycles. The van der Waals surface area contributed by atoms with E-state index in [4.69, 9.17) is 4.74 Å². The van der Waals surface area contributed by atoms with E-state index in [0.29, 0.717) is 6.73 Å². The Morgan fingerprint density at radius 3 is 2.26 bits per heavy atom. The first-order chi connectivity index (χ1) is 13.4. The molecule has 0 amide bonds. The molecule has 1 aliphatic rings. The lowest BCUT2D eigenvalue weighted by molar-refractivity contribution is 0.0935. The first-order valence-corrected chi connectivity index (χ1v) is 10.7. The predicted octanol–water partition coefficient (Wildman–Crippen LogP) is 5.34. The third kappa shape index (κ3) is 6.35. The maximum atomic E-state index is 5.94. The topological polar surface area (TPSA) is 43.2 Å². The zero-order chi connectivity index (χ0) is 18.7. The Kier molecular flexibility index (Phi) is 8.15. The van der Waals surface area contributed by atoms with E-state index in [1.54, 1.807) is 12.7 Å². The summed E-state index contributed by atoms with van der Waals surface area (Å²) in [5.74, 6) is 1.01. The van der Waals surface area contributed by atoms with Gasteiger partial charge in [0.25, 0.3) is 0 Å². The SMILES string of the molecule is CCCCCCCCCCCCN1COc2ccc(-n3cnnc3)cc2C1. The summed E-state index contributed by atoms with van der Waals surface area (Å²) in [5.41, 5.74) is 2.34. The summed E-state index contributed by atoms with van der Waals surface area (Å²) < 4.78 is 7.87. The number of benzene rings is 1. The van der Waals surface area contributed by atoms with Gasteiger partial charge >= 0.3 is 0 Å². The minimum Gasteiger partial charge on any atom is -0.478 e. The van der Waals surface area contributed by atoms with Gasteiger partial charge in [-0.25, -0.2) is 0 Å². The molecule has 0 atom stereocenters. The molecule has 0 fully saturated rings. The van der Waals surface area contributed by atoms with Gasteiger partial charge in [0.15, 0.2) is 0 Å². The predicted molar refractivity (Wildman–Crippen MR) is 109 cm³/mol. The average Bonchev–Trinajstić information content (AvgIpc) is 3.24. The molecule has 5 heteroatoms. The number of unbranched alkanes of at least 4 members (excludes halogenated alkanes) is 9. The number of nitrogens with zero attached hydrogens (tertiary/aromatic N) is 4. The van der Waals surface area contributed by atoms with Gasteiger partial charge in [-0.1, -0.05) is 64.7 Å². The molecular weight excluding hydrogens is 336 g/mol. The molecule has 2 heterocycles. The second kappa shape index (κ2) is 11.1. The molecule has 5 nitrogen and oxygen atoms in total. The molecule has 0 saturated heterocycles. The van der Waals surface area contributed by atoms with Crippen molar-refractivity contribution in [3.05, 3.63) is 36.4 Å². The van der Waals surface area contributed by atoms with Crippen LogP contribution in [-0.2, 0) is 6.54 Å². The fraction of sp³-hybridized carbons (Fsp3) is 0.636. The summed E-state index contributed by atoms with van der Waals surface area (Å²) in [6.45, 7) is 5.06. The van der Waals surface area contributed by atoms with Crippen molar-refractivity contribution in [1.82, 2.24) is 19.7 Å². The molecule has 2 aromatic rings. The van der Waals surface area contributed by atoms with Crippen LogP contribution in [0, 0.1) is 0 Å². The Labute approximate surface area is 163 Å². The summed E-state index contributed by atoms with van der Waals surface area (Å²) in [6.07, 6.45) is 17.3. The van der Waals surface area contributed by atoms with Crippen molar-refractivity contribution in [2.45, 2.75) is 77.7 Å². The molecule has 1 aliphatic heterocycles. The Bertz CT molecular complexity index is 656. The minimum atomic E-state index is 0.705. The third-order valence-corrected chi connectivity index (χ3v) is 5.39. The van der Waals surface area contributed by atoms with Crippen molar-refractivity contribution in [3.8, 4) is 11.4 Å². The summed E-state index contributed by atoms with van der Waals surface area (Å²) in [7, 11) is 0. The van der Waals surface area contributed by atoms with Crippen LogP contribution >= 0.6 is 0 Å². The van der Waals surface area contributed by atoms with Gasteiger partial charge in [-0.15, -0.1) is 10.2 Å². The normalized spacial score (nSPS) is 14.1. The van der Waals surface area contributed by atoms with E-state index in [1.165, 1.54) is 69.8 Å². The van der Waals surface area contributed by atoms with E-state index in [-0.39, 0.29) is 0 Å². The first-order valence-electron chi connectivity index (χ1n) is 10.7. The number of hydrogen-bond acceptors (Lipinski definition) is 4. The third-order valence-electron chi connectivity index (χ3n) is 5.39. The molecule has 0 N–H and O–H groups in total. The van der Waals surface area contributed by atoms with Crippen LogP contribution < -0.4 is 4.74 Å². The number of fused-ring (bicyclic) bond motifs is 1. The number of rotatable bonds is 12. The van der Waals surface area contributed by atoms with E-state index < -0.39 is 0 Å². The molecule has 0 unspecified atom stereocenters. The molecular formula is C22H34N4O. The summed E-state index contributed by atoms with van der Waals surface area (Å²) in [4.78, 5) is 2.41. The zero-order valence-electron chi connectivity index (χ0n) is 16.8. The molecule has 1 aromatic carbocycles. The van der Waals surface area contributed by atoms with Crippen LogP contribution in [0.1, 0.15) is 76.7 Å². The van der Waals surface area contributed by atoms with Gasteiger partial charge in [-0.2, -0.15) is 0 Å². The van der Waals surface area contributed by atoms with Gasteiger partial charge in [-0.3, -0.25) is 9.47 Å². The largest absolute Gasteiger partial charge is 0.478 e. The standard InChI is InChI=1S/C22H34N4O/c1-2-3-4-5-6-7-8-9-10-11-14-25-16-20-15-21(26-17-23-24-18-26)12-13-22(20)27-19-25/h12-13,15,17-18H,2-11,14,16,19H2,1H3. The van der Waals surface area contributed by atoms with Gasteiger partial charge in [-0.05, 0) is 24.6 Å². The van der Waals surface area contributed by atoms with E-state index in [9.17, 15) is 0 Å². The number of aromatic nitrogens is 3. The highest BCUT2D eigenvalue weighted by molar-refractivity contribution is 5.44. The van der Waals surface area contributed by atoms with Crippen LogP contribution in [-0.4, -0.2) is 32.9 Å². The molecule has 0 spiro atoms. The van der Waals surface area contributed by atoms with Gasteiger partial charge in [0.1, 0.15) is 25.1 Å². The van der Waals surface area contributed by atoms with Gasteiger partial charge in [0.05, 0.1) is 0 Å². The lowest BCUT2D eigenvalue weighted by atomic mass is 10.1. The van der Waals surface area contributed by atoms with E-state index in [2.05, 4.69) is 40.2 Å². The Hall–Kier alpha value is -1.88. The summed E-state index contributed by atoms with van der Waals surface area (Å²) in [5, 5.41) is 7.77. The Morgan fingerprint density at radius 1 is 0.889 bits per heavy atom. The molecule has 148 valence electrons. The van der Waals surface area contributed by atoms with Gasteiger partial charge < -0.3 is 4.74 Å². The van der Waals surface area contributed by atoms with Crippen molar-refractivity contribution >= 4 is 0 Å². The van der Waals surface area contributed by atoms with Crippen LogP contribution in [0.5, 0.6) is 5.75 Å². The van der Waals surface area contributed by atoms with Crippen molar-refractivity contribution in [2.24, 2.45) is 0 Å². The minimum absolute atomic E-state index is 0.705. The highest BCUT2D eigenvalue weighted by atomic mass is 16.5. The Morgan fingerprint density at radius 2 is 1.56 bits per heavy atom. The fourth-order valence-corrected chi connectivity index (χ4v) is 3.74. The Balaban J connectivity index is 1.32. The lowest BCUT2D eigenvalue weighted by Gasteiger charge is -2.29. The van der Waals surface area contributed by atoms with Crippen molar-refractivity contribution in [2.75, 3.05) is 13.3 Å². The molecule has 0 saturated carbocycles. The van der Waals surface area contributed by atoms with E-state index >= 15 is 0 Å². The second-order valence-electron chi connectivity index (χ2n) is 7.67. The molecule has 27 heavy (non-hydrogen) atoms. The van der Waals surface area contributed by atoms with Gasteiger partial charge in [0, 0.05) is 24.3 Å². The highest BCUT2D eigenvalue weighted by Gasteiger charge is 2.17. The summed E-state index contributed by atoms with van der Waals surface area (Å²) >= 11 is 0.